The van der Waals surface area contributed by atoms with E-state index < -0.39 is 0 Å². The molecular weight excluding hydrogens is 264 g/mol. The van der Waals surface area contributed by atoms with Crippen LogP contribution in [0.4, 0.5) is 5.69 Å². The second-order valence-corrected chi connectivity index (χ2v) is 5.47. The molecule has 104 valence electrons. The average molecular weight is 283 g/mol. The molecule has 0 spiro atoms. The van der Waals surface area contributed by atoms with Crippen LogP contribution in [0.5, 0.6) is 0 Å². The topological polar surface area (TPSA) is 50.4 Å². The van der Waals surface area contributed by atoms with Crippen molar-refractivity contribution in [3.63, 3.8) is 0 Å². The maximum absolute atomic E-state index is 11.9. The number of anilines is 1. The highest BCUT2D eigenvalue weighted by Gasteiger charge is 2.36. The summed E-state index contributed by atoms with van der Waals surface area (Å²) in [6.07, 6.45) is 1.02. The van der Waals surface area contributed by atoms with Gasteiger partial charge < -0.3 is 15.4 Å². The van der Waals surface area contributed by atoms with E-state index in [1.165, 1.54) is 0 Å². The third-order valence-electron chi connectivity index (χ3n) is 3.69. The van der Waals surface area contributed by atoms with E-state index in [0.29, 0.717) is 10.7 Å². The van der Waals surface area contributed by atoms with Gasteiger partial charge in [-0.05, 0) is 32.4 Å². The number of hydrogen-bond acceptors (Lipinski definition) is 3. The minimum Gasteiger partial charge on any atom is -0.377 e. The SMILES string of the molecule is CC1OCCC1(C)NCC(=O)Nc1ccccc1Cl. The predicted molar refractivity (Wildman–Crippen MR) is 76.5 cm³/mol. The van der Waals surface area contributed by atoms with Crippen molar-refractivity contribution in [3.8, 4) is 0 Å². The lowest BCUT2D eigenvalue weighted by atomic mass is 9.95. The second kappa shape index (κ2) is 5.90. The number of carbonyl (C=O) groups is 1. The summed E-state index contributed by atoms with van der Waals surface area (Å²) in [7, 11) is 0. The Morgan fingerprint density at radius 3 is 2.89 bits per heavy atom. The summed E-state index contributed by atoms with van der Waals surface area (Å²) in [5, 5.41) is 6.60. The molecule has 1 amide bonds. The van der Waals surface area contributed by atoms with Gasteiger partial charge in [0.05, 0.1) is 23.4 Å². The lowest BCUT2D eigenvalue weighted by Crippen LogP contribution is -2.50. The molecule has 5 heteroatoms. The number of para-hydroxylation sites is 1. The molecule has 1 fully saturated rings. The Kier molecular flexibility index (Phi) is 4.45. The molecule has 2 atom stereocenters. The molecule has 4 nitrogen and oxygen atoms in total. The van der Waals surface area contributed by atoms with E-state index in [1.54, 1.807) is 12.1 Å². The molecule has 0 aromatic heterocycles. The standard InChI is InChI=1S/C14H19ClN2O2/c1-10-14(2,7-8-19-10)16-9-13(18)17-12-6-4-3-5-11(12)15/h3-6,10,16H,7-9H2,1-2H3,(H,17,18). The summed E-state index contributed by atoms with van der Waals surface area (Å²) in [4.78, 5) is 11.9. The molecule has 1 aromatic carbocycles. The van der Waals surface area contributed by atoms with Crippen LogP contribution in [-0.2, 0) is 9.53 Å². The number of ether oxygens (including phenoxy) is 1. The van der Waals surface area contributed by atoms with E-state index in [-0.39, 0.29) is 24.1 Å². The molecule has 0 saturated carbocycles. The Bertz CT molecular complexity index is 467. The van der Waals surface area contributed by atoms with Crippen molar-refractivity contribution in [2.45, 2.75) is 31.9 Å². The summed E-state index contributed by atoms with van der Waals surface area (Å²) in [5.74, 6) is -0.103. The molecule has 1 aliphatic heterocycles. The van der Waals surface area contributed by atoms with E-state index in [9.17, 15) is 4.79 Å². The van der Waals surface area contributed by atoms with Crippen LogP contribution in [0.15, 0.2) is 24.3 Å². The van der Waals surface area contributed by atoms with Gasteiger partial charge in [-0.25, -0.2) is 0 Å². The van der Waals surface area contributed by atoms with Crippen LogP contribution < -0.4 is 10.6 Å². The fourth-order valence-corrected chi connectivity index (χ4v) is 2.29. The summed E-state index contributed by atoms with van der Waals surface area (Å²) in [6, 6.07) is 7.19. The van der Waals surface area contributed by atoms with Crippen molar-refractivity contribution < 1.29 is 9.53 Å². The zero-order chi connectivity index (χ0) is 13.9. The molecular formula is C14H19ClN2O2. The maximum atomic E-state index is 11.9. The molecule has 2 rings (SSSR count). The van der Waals surface area contributed by atoms with Crippen LogP contribution >= 0.6 is 11.6 Å². The van der Waals surface area contributed by atoms with Crippen LogP contribution in [0.2, 0.25) is 5.02 Å². The minimum atomic E-state index is -0.141. The fourth-order valence-electron chi connectivity index (χ4n) is 2.11. The fraction of sp³-hybridized carbons (Fsp3) is 0.500. The van der Waals surface area contributed by atoms with Gasteiger partial charge in [-0.2, -0.15) is 0 Å². The molecule has 2 N–H and O–H groups in total. The monoisotopic (exact) mass is 282 g/mol. The largest absolute Gasteiger partial charge is 0.377 e. The Hall–Kier alpha value is -1.10. The number of carbonyl (C=O) groups excluding carboxylic acids is 1. The average Bonchev–Trinajstić information content (AvgIpc) is 2.71. The summed E-state index contributed by atoms with van der Waals surface area (Å²) in [6.45, 7) is 5.08. The quantitative estimate of drug-likeness (QED) is 0.892. The van der Waals surface area contributed by atoms with Crippen molar-refractivity contribution in [3.05, 3.63) is 29.3 Å². The van der Waals surface area contributed by atoms with Gasteiger partial charge in [-0.1, -0.05) is 23.7 Å². The first-order chi connectivity index (χ1) is 9.01. The molecule has 1 aliphatic rings. The predicted octanol–water partition coefficient (Wildman–Crippen LogP) is 2.44. The van der Waals surface area contributed by atoms with Crippen molar-refractivity contribution in [2.75, 3.05) is 18.5 Å². The molecule has 1 heterocycles. The van der Waals surface area contributed by atoms with Gasteiger partial charge in [0.1, 0.15) is 0 Å². The van der Waals surface area contributed by atoms with Gasteiger partial charge in [-0.3, -0.25) is 4.79 Å². The summed E-state index contributed by atoms with van der Waals surface area (Å²) in [5.41, 5.74) is 0.495. The molecule has 1 aromatic rings. The van der Waals surface area contributed by atoms with E-state index in [1.807, 2.05) is 19.1 Å². The highest BCUT2D eigenvalue weighted by Crippen LogP contribution is 2.25. The minimum absolute atomic E-state index is 0.103. The van der Waals surface area contributed by atoms with Crippen LogP contribution in [0, 0.1) is 0 Å². The van der Waals surface area contributed by atoms with Crippen LogP contribution in [-0.4, -0.2) is 30.7 Å². The highest BCUT2D eigenvalue weighted by atomic mass is 35.5. The summed E-state index contributed by atoms with van der Waals surface area (Å²) < 4.78 is 5.52. The Balaban J connectivity index is 1.87. The number of rotatable bonds is 4. The second-order valence-electron chi connectivity index (χ2n) is 5.06. The lowest BCUT2D eigenvalue weighted by Gasteiger charge is -2.28. The van der Waals surface area contributed by atoms with E-state index in [2.05, 4.69) is 17.6 Å². The van der Waals surface area contributed by atoms with E-state index in [4.69, 9.17) is 16.3 Å². The molecule has 0 aliphatic carbocycles. The van der Waals surface area contributed by atoms with Gasteiger partial charge >= 0.3 is 0 Å². The molecule has 2 unspecified atom stereocenters. The molecule has 1 saturated heterocycles. The lowest BCUT2D eigenvalue weighted by molar-refractivity contribution is -0.115. The Morgan fingerprint density at radius 1 is 1.53 bits per heavy atom. The number of amides is 1. The molecule has 19 heavy (non-hydrogen) atoms. The van der Waals surface area contributed by atoms with E-state index >= 15 is 0 Å². The summed E-state index contributed by atoms with van der Waals surface area (Å²) >= 11 is 5.99. The number of halogens is 1. The number of hydrogen-bond donors (Lipinski definition) is 2. The van der Waals surface area contributed by atoms with Crippen LogP contribution in [0.25, 0.3) is 0 Å². The zero-order valence-electron chi connectivity index (χ0n) is 11.2. The van der Waals surface area contributed by atoms with Crippen LogP contribution in [0.3, 0.4) is 0 Å². The first kappa shape index (κ1) is 14.3. The van der Waals surface area contributed by atoms with Gasteiger partial charge in [0.15, 0.2) is 0 Å². The third kappa shape index (κ3) is 3.47. The normalized spacial score (nSPS) is 26.4. The third-order valence-corrected chi connectivity index (χ3v) is 4.02. The van der Waals surface area contributed by atoms with Gasteiger partial charge in [0.2, 0.25) is 5.91 Å². The van der Waals surface area contributed by atoms with Crippen molar-refractivity contribution in [1.82, 2.24) is 5.32 Å². The Morgan fingerprint density at radius 2 is 2.26 bits per heavy atom. The van der Waals surface area contributed by atoms with E-state index in [0.717, 1.165) is 13.0 Å². The highest BCUT2D eigenvalue weighted by molar-refractivity contribution is 6.33. The molecule has 0 bridgehead atoms. The first-order valence-corrected chi connectivity index (χ1v) is 6.80. The first-order valence-electron chi connectivity index (χ1n) is 6.42. The maximum Gasteiger partial charge on any atom is 0.238 e. The van der Waals surface area contributed by atoms with Gasteiger partial charge in [0.25, 0.3) is 0 Å². The number of benzene rings is 1. The van der Waals surface area contributed by atoms with Crippen molar-refractivity contribution in [2.24, 2.45) is 0 Å². The Labute approximate surface area is 118 Å². The smallest absolute Gasteiger partial charge is 0.238 e. The zero-order valence-corrected chi connectivity index (χ0v) is 12.0. The number of nitrogens with one attached hydrogen (secondary N) is 2. The molecule has 0 radical (unpaired) electrons. The van der Waals surface area contributed by atoms with Gasteiger partial charge in [0, 0.05) is 12.1 Å². The van der Waals surface area contributed by atoms with Crippen LogP contribution in [0.1, 0.15) is 20.3 Å². The van der Waals surface area contributed by atoms with Crippen molar-refractivity contribution in [1.29, 1.82) is 0 Å². The van der Waals surface area contributed by atoms with Crippen molar-refractivity contribution >= 4 is 23.2 Å². The van der Waals surface area contributed by atoms with Gasteiger partial charge in [-0.15, -0.1) is 0 Å².